The monoisotopic (exact) mass is 353 g/mol. The molecule has 0 aromatic heterocycles. The molecule has 1 fully saturated rings. The summed E-state index contributed by atoms with van der Waals surface area (Å²) in [6, 6.07) is 9.67. The van der Waals surface area contributed by atoms with E-state index in [-0.39, 0.29) is 10.8 Å². The van der Waals surface area contributed by atoms with Crippen molar-refractivity contribution in [1.29, 1.82) is 0 Å². The van der Waals surface area contributed by atoms with Crippen LogP contribution in [0, 0.1) is 0 Å². The third-order valence-electron chi connectivity index (χ3n) is 4.00. The molecule has 0 spiro atoms. The van der Waals surface area contributed by atoms with E-state index < -0.39 is 16.8 Å². The largest absolute Gasteiger partial charge is 0.343 e. The van der Waals surface area contributed by atoms with Crippen LogP contribution < -0.4 is 4.72 Å². The smallest absolute Gasteiger partial charge is 0.195 e. The maximum atomic E-state index is 12.3. The summed E-state index contributed by atoms with van der Waals surface area (Å²) in [7, 11) is -1.22. The van der Waals surface area contributed by atoms with Crippen molar-refractivity contribution in [3.05, 3.63) is 35.9 Å². The summed E-state index contributed by atoms with van der Waals surface area (Å²) in [5.74, 6) is -0.771. The molecule has 0 amide bonds. The van der Waals surface area contributed by atoms with Gasteiger partial charge in [0.05, 0.1) is 28.9 Å². The number of rotatable bonds is 8. The van der Waals surface area contributed by atoms with E-state index in [2.05, 4.69) is 4.72 Å². The van der Waals surface area contributed by atoms with E-state index in [4.69, 9.17) is 9.47 Å². The van der Waals surface area contributed by atoms with E-state index >= 15 is 0 Å². The summed E-state index contributed by atoms with van der Waals surface area (Å²) < 4.78 is 26.8. The van der Waals surface area contributed by atoms with E-state index in [9.17, 15) is 9.00 Å². The topological polar surface area (TPSA) is 64.6 Å². The van der Waals surface area contributed by atoms with Gasteiger partial charge >= 0.3 is 0 Å². The number of hydrogen-bond acceptors (Lipinski definition) is 4. The van der Waals surface area contributed by atoms with Crippen LogP contribution in [-0.2, 0) is 31.0 Å². The number of benzene rings is 1. The van der Waals surface area contributed by atoms with E-state index in [0.717, 1.165) is 11.8 Å². The summed E-state index contributed by atoms with van der Waals surface area (Å²) in [5, 5.41) is 0. The second kappa shape index (κ2) is 8.34. The number of carbonyl (C=O) groups is 1. The zero-order valence-electron chi connectivity index (χ0n) is 14.6. The Morgan fingerprint density at radius 3 is 2.42 bits per heavy atom. The molecule has 2 atom stereocenters. The summed E-state index contributed by atoms with van der Waals surface area (Å²) in [4.78, 5) is 11.0. The summed E-state index contributed by atoms with van der Waals surface area (Å²) in [6.45, 7) is 6.82. The van der Waals surface area contributed by atoms with E-state index in [1.807, 2.05) is 51.1 Å². The minimum atomic E-state index is -1.22. The molecule has 0 unspecified atom stereocenters. The number of hydrogen-bond donors (Lipinski definition) is 1. The van der Waals surface area contributed by atoms with Crippen LogP contribution >= 0.6 is 0 Å². The van der Waals surface area contributed by atoms with Gasteiger partial charge in [0, 0.05) is 24.4 Å². The maximum Gasteiger partial charge on any atom is 0.195 e. The van der Waals surface area contributed by atoms with Gasteiger partial charge in [-0.05, 0) is 27.2 Å². The van der Waals surface area contributed by atoms with Crippen LogP contribution in [0.3, 0.4) is 0 Å². The molecule has 1 heterocycles. The standard InChI is InChI=1S/C18H27NO4S/c1-17(2,3)24(21)19-16(10-12-20)9-11-18(22-13-14-23-18)15-7-5-4-6-8-15/h4-8,12,16,19H,9-11,13-14H2,1-3H3/t16-,24-/m0/s1. The Balaban J connectivity index is 2.06. The molecule has 1 saturated heterocycles. The van der Waals surface area contributed by atoms with Crippen LogP contribution in [0.1, 0.15) is 45.6 Å². The highest BCUT2D eigenvalue weighted by molar-refractivity contribution is 7.84. The lowest BCUT2D eigenvalue weighted by atomic mass is 9.97. The fraction of sp³-hybridized carbons (Fsp3) is 0.611. The van der Waals surface area contributed by atoms with Crippen molar-refractivity contribution in [2.75, 3.05) is 13.2 Å². The molecule has 134 valence electrons. The number of ether oxygens (including phenoxy) is 2. The van der Waals surface area contributed by atoms with Crippen LogP contribution in [0.5, 0.6) is 0 Å². The molecule has 1 aliphatic heterocycles. The summed E-state index contributed by atoms with van der Waals surface area (Å²) in [6.07, 6.45) is 2.41. The lowest BCUT2D eigenvalue weighted by molar-refractivity contribution is -0.172. The Labute approximate surface area is 146 Å². The molecule has 2 rings (SSSR count). The third-order valence-corrected chi connectivity index (χ3v) is 5.66. The first-order valence-electron chi connectivity index (χ1n) is 8.32. The maximum absolute atomic E-state index is 12.3. The lowest BCUT2D eigenvalue weighted by Gasteiger charge is -2.30. The Morgan fingerprint density at radius 2 is 1.88 bits per heavy atom. The Morgan fingerprint density at radius 1 is 1.25 bits per heavy atom. The molecule has 0 radical (unpaired) electrons. The lowest BCUT2D eigenvalue weighted by Crippen LogP contribution is -2.41. The van der Waals surface area contributed by atoms with Gasteiger partial charge < -0.3 is 14.3 Å². The van der Waals surface area contributed by atoms with Crippen LogP contribution in [0.2, 0.25) is 0 Å². The zero-order valence-corrected chi connectivity index (χ0v) is 15.4. The first-order valence-corrected chi connectivity index (χ1v) is 9.47. The van der Waals surface area contributed by atoms with Gasteiger partial charge in [-0.2, -0.15) is 0 Å². The van der Waals surface area contributed by atoms with Gasteiger partial charge in [0.1, 0.15) is 6.29 Å². The molecule has 24 heavy (non-hydrogen) atoms. The second-order valence-electron chi connectivity index (χ2n) is 6.95. The molecule has 6 heteroatoms. The van der Waals surface area contributed by atoms with Gasteiger partial charge in [0.25, 0.3) is 0 Å². The molecule has 0 saturated carbocycles. The highest BCUT2D eigenvalue weighted by Crippen LogP contribution is 2.36. The molecule has 1 N–H and O–H groups in total. The molecule has 1 aromatic rings. The van der Waals surface area contributed by atoms with Crippen LogP contribution in [-0.4, -0.2) is 34.5 Å². The minimum absolute atomic E-state index is 0.170. The SMILES string of the molecule is CC(C)(C)[S@](=O)N[C@H](CC=O)CCC1(c2ccccc2)OCCO1. The van der Waals surface area contributed by atoms with Gasteiger partial charge in [0.15, 0.2) is 5.79 Å². The van der Waals surface area contributed by atoms with Crippen LogP contribution in [0.25, 0.3) is 0 Å². The third kappa shape index (κ3) is 4.96. The highest BCUT2D eigenvalue weighted by Gasteiger charge is 2.39. The molecule has 1 aromatic carbocycles. The average Bonchev–Trinajstić information content (AvgIpc) is 3.03. The van der Waals surface area contributed by atoms with Gasteiger partial charge in [-0.15, -0.1) is 0 Å². The van der Waals surface area contributed by atoms with Crippen molar-refractivity contribution >= 4 is 17.3 Å². The van der Waals surface area contributed by atoms with Crippen molar-refractivity contribution in [1.82, 2.24) is 4.72 Å². The number of carbonyl (C=O) groups excluding carboxylic acids is 1. The Bertz CT molecular complexity index is 550. The quantitative estimate of drug-likeness (QED) is 0.730. The molecule has 1 aliphatic rings. The van der Waals surface area contributed by atoms with E-state index in [1.165, 1.54) is 0 Å². The van der Waals surface area contributed by atoms with Crippen LogP contribution in [0.4, 0.5) is 0 Å². The Hall–Kier alpha value is -1.08. The van der Waals surface area contributed by atoms with Gasteiger partial charge in [-0.1, -0.05) is 30.3 Å². The van der Waals surface area contributed by atoms with Crippen molar-refractivity contribution in [3.8, 4) is 0 Å². The predicted molar refractivity (Wildman–Crippen MR) is 94.8 cm³/mol. The minimum Gasteiger partial charge on any atom is -0.343 e. The molecule has 5 nitrogen and oxygen atoms in total. The predicted octanol–water partition coefficient (Wildman–Crippen LogP) is 2.68. The average molecular weight is 353 g/mol. The van der Waals surface area contributed by atoms with Crippen molar-refractivity contribution in [3.63, 3.8) is 0 Å². The molecule has 0 aliphatic carbocycles. The van der Waals surface area contributed by atoms with Gasteiger partial charge in [0.2, 0.25) is 0 Å². The summed E-state index contributed by atoms with van der Waals surface area (Å²) in [5.41, 5.74) is 0.976. The summed E-state index contributed by atoms with van der Waals surface area (Å²) >= 11 is 0. The zero-order chi connectivity index (χ0) is 17.6. The second-order valence-corrected chi connectivity index (χ2v) is 8.95. The fourth-order valence-corrected chi connectivity index (χ4v) is 3.51. The van der Waals surface area contributed by atoms with Gasteiger partial charge in [-0.25, -0.2) is 8.93 Å². The van der Waals surface area contributed by atoms with Crippen molar-refractivity contribution in [2.24, 2.45) is 0 Å². The van der Waals surface area contributed by atoms with Crippen molar-refractivity contribution in [2.45, 2.75) is 56.6 Å². The normalized spacial score (nSPS) is 19.8. The highest BCUT2D eigenvalue weighted by atomic mass is 32.2. The number of aldehydes is 1. The fourth-order valence-electron chi connectivity index (χ4n) is 2.64. The first kappa shape index (κ1) is 19.2. The van der Waals surface area contributed by atoms with E-state index in [1.54, 1.807) is 0 Å². The molecular formula is C18H27NO4S. The van der Waals surface area contributed by atoms with Crippen LogP contribution in [0.15, 0.2) is 30.3 Å². The number of nitrogens with one attached hydrogen (secondary N) is 1. The van der Waals surface area contributed by atoms with Crippen molar-refractivity contribution < 1.29 is 18.5 Å². The van der Waals surface area contributed by atoms with Gasteiger partial charge in [-0.3, -0.25) is 0 Å². The molecular weight excluding hydrogens is 326 g/mol. The molecule has 0 bridgehead atoms. The first-order chi connectivity index (χ1) is 11.4. The Kier molecular flexibility index (Phi) is 6.69. The van der Waals surface area contributed by atoms with E-state index in [0.29, 0.717) is 32.5 Å².